The molecule has 32 heavy (non-hydrogen) atoms. The van der Waals surface area contributed by atoms with Gasteiger partial charge in [0.1, 0.15) is 5.82 Å². The van der Waals surface area contributed by atoms with Gasteiger partial charge >= 0.3 is 0 Å². The van der Waals surface area contributed by atoms with Crippen molar-refractivity contribution < 1.29 is 13.7 Å². The molecule has 0 aliphatic carbocycles. The molecule has 0 radical (unpaired) electrons. The van der Waals surface area contributed by atoms with Crippen molar-refractivity contribution in [3.8, 4) is 11.5 Å². The van der Waals surface area contributed by atoms with Crippen molar-refractivity contribution >= 4 is 16.8 Å². The Morgan fingerprint density at radius 1 is 0.938 bits per heavy atom. The predicted octanol–water partition coefficient (Wildman–Crippen LogP) is 4.01. The Labute approximate surface area is 182 Å². The molecular weight excluding hydrogens is 408 g/mol. The van der Waals surface area contributed by atoms with E-state index in [4.69, 9.17) is 8.94 Å². The third-order valence-electron chi connectivity index (χ3n) is 5.00. The third kappa shape index (κ3) is 3.93. The molecule has 158 valence electrons. The Kier molecular flexibility index (Phi) is 5.09. The van der Waals surface area contributed by atoms with Gasteiger partial charge in [0.2, 0.25) is 5.76 Å². The smallest absolute Gasteiger partial charge is 0.276 e. The summed E-state index contributed by atoms with van der Waals surface area (Å²) in [5.74, 6) is 0.862. The summed E-state index contributed by atoms with van der Waals surface area (Å²) in [5.41, 5.74) is 1.38. The molecule has 8 nitrogen and oxygen atoms in total. The molecule has 0 spiro atoms. The van der Waals surface area contributed by atoms with E-state index in [1.54, 1.807) is 35.2 Å². The minimum Gasteiger partial charge on any atom is -0.461 e. The molecule has 0 saturated heterocycles. The highest BCUT2D eigenvalue weighted by atomic mass is 16.5. The minimum absolute atomic E-state index is 0.0940. The van der Waals surface area contributed by atoms with Crippen LogP contribution in [-0.2, 0) is 13.1 Å². The number of benzene rings is 2. The van der Waals surface area contributed by atoms with Crippen molar-refractivity contribution in [2.45, 2.75) is 13.1 Å². The quantitative estimate of drug-likeness (QED) is 0.440. The number of nitrogens with one attached hydrogen (secondary N) is 1. The maximum Gasteiger partial charge on any atom is 0.276 e. The second kappa shape index (κ2) is 8.35. The van der Waals surface area contributed by atoms with E-state index in [9.17, 15) is 9.59 Å². The highest BCUT2D eigenvalue weighted by molar-refractivity contribution is 5.93. The fourth-order valence-electron chi connectivity index (χ4n) is 3.47. The van der Waals surface area contributed by atoms with E-state index in [-0.39, 0.29) is 23.7 Å². The summed E-state index contributed by atoms with van der Waals surface area (Å²) in [6.45, 7) is 0.399. The first-order chi connectivity index (χ1) is 15.7. The summed E-state index contributed by atoms with van der Waals surface area (Å²) < 4.78 is 10.6. The van der Waals surface area contributed by atoms with Crippen LogP contribution in [0.5, 0.6) is 0 Å². The van der Waals surface area contributed by atoms with E-state index in [0.717, 1.165) is 5.56 Å². The number of nitrogens with zero attached hydrogens (tertiary/aromatic N) is 3. The van der Waals surface area contributed by atoms with Gasteiger partial charge in [-0.25, -0.2) is 4.98 Å². The summed E-state index contributed by atoms with van der Waals surface area (Å²) in [6.07, 6.45) is 1.52. The number of fused-ring (bicyclic) bond motifs is 1. The summed E-state index contributed by atoms with van der Waals surface area (Å²) in [4.78, 5) is 34.7. The van der Waals surface area contributed by atoms with Gasteiger partial charge in [-0.3, -0.25) is 9.59 Å². The molecule has 1 N–H and O–H groups in total. The first-order valence-electron chi connectivity index (χ1n) is 9.99. The van der Waals surface area contributed by atoms with Crippen LogP contribution in [0.4, 0.5) is 0 Å². The topological polar surface area (TPSA) is 105 Å². The van der Waals surface area contributed by atoms with Gasteiger partial charge in [-0.1, -0.05) is 47.6 Å². The van der Waals surface area contributed by atoms with E-state index in [0.29, 0.717) is 34.8 Å². The van der Waals surface area contributed by atoms with Crippen LogP contribution >= 0.6 is 0 Å². The lowest BCUT2D eigenvalue weighted by Crippen LogP contribution is -2.32. The predicted molar refractivity (Wildman–Crippen MR) is 117 cm³/mol. The zero-order valence-electron chi connectivity index (χ0n) is 16.9. The molecule has 0 aliphatic heterocycles. The summed E-state index contributed by atoms with van der Waals surface area (Å²) in [5, 5.41) is 4.42. The average Bonchev–Trinajstić information content (AvgIpc) is 3.51. The van der Waals surface area contributed by atoms with Gasteiger partial charge in [0, 0.05) is 12.6 Å². The largest absolute Gasteiger partial charge is 0.461 e. The number of aromatic amines is 1. The lowest BCUT2D eigenvalue weighted by Gasteiger charge is -2.21. The molecule has 3 aromatic heterocycles. The summed E-state index contributed by atoms with van der Waals surface area (Å²) in [6, 6.07) is 21.6. The first-order valence-corrected chi connectivity index (χ1v) is 9.99. The van der Waals surface area contributed by atoms with E-state index >= 15 is 0 Å². The molecule has 2 aromatic carbocycles. The number of carbonyl (C=O) groups excluding carboxylic acids is 1. The zero-order valence-corrected chi connectivity index (χ0v) is 16.9. The second-order valence-corrected chi connectivity index (χ2v) is 7.23. The lowest BCUT2D eigenvalue weighted by atomic mass is 10.2. The first kappa shape index (κ1) is 19.5. The van der Waals surface area contributed by atoms with E-state index in [1.807, 2.05) is 36.4 Å². The maximum absolute atomic E-state index is 13.3. The van der Waals surface area contributed by atoms with E-state index < -0.39 is 0 Å². The van der Waals surface area contributed by atoms with Crippen LogP contribution in [0.25, 0.3) is 22.4 Å². The van der Waals surface area contributed by atoms with Crippen LogP contribution < -0.4 is 5.56 Å². The van der Waals surface area contributed by atoms with Crippen LogP contribution in [-0.4, -0.2) is 25.9 Å². The van der Waals surface area contributed by atoms with Gasteiger partial charge in [-0.15, -0.1) is 0 Å². The molecule has 0 aliphatic rings. The number of H-pyrrole nitrogens is 1. The fraction of sp³-hybridized carbons (Fsp3) is 0.0833. The van der Waals surface area contributed by atoms with Crippen molar-refractivity contribution in [1.29, 1.82) is 0 Å². The summed E-state index contributed by atoms with van der Waals surface area (Å²) >= 11 is 0. The molecule has 5 rings (SSSR count). The number of para-hydroxylation sites is 1. The van der Waals surface area contributed by atoms with Crippen LogP contribution in [0.3, 0.4) is 0 Å². The zero-order chi connectivity index (χ0) is 21.9. The Balaban J connectivity index is 1.48. The van der Waals surface area contributed by atoms with Gasteiger partial charge in [-0.2, -0.15) is 0 Å². The molecular formula is C24H18N4O4. The molecule has 5 aromatic rings. The third-order valence-corrected chi connectivity index (χ3v) is 5.00. The molecule has 8 heteroatoms. The molecule has 1 amide bonds. The normalized spacial score (nSPS) is 11.0. The van der Waals surface area contributed by atoms with Crippen molar-refractivity contribution in [3.05, 3.63) is 106 Å². The average molecular weight is 426 g/mol. The number of aromatic nitrogens is 3. The SMILES string of the molecule is O=C(c1cc(-c2ccco2)on1)N(Cc1ccccc1)Cc1nc2ccccc2c(=O)[nH]1. The highest BCUT2D eigenvalue weighted by Crippen LogP contribution is 2.22. The Morgan fingerprint density at radius 2 is 1.75 bits per heavy atom. The van der Waals surface area contributed by atoms with Crippen LogP contribution in [0.2, 0.25) is 0 Å². The summed E-state index contributed by atoms with van der Waals surface area (Å²) in [7, 11) is 0. The lowest BCUT2D eigenvalue weighted by molar-refractivity contribution is 0.0715. The number of furan rings is 1. The van der Waals surface area contributed by atoms with Gasteiger partial charge < -0.3 is 18.8 Å². The number of hydrogen-bond donors (Lipinski definition) is 1. The maximum atomic E-state index is 13.3. The number of rotatable bonds is 6. The molecule has 0 unspecified atom stereocenters. The second-order valence-electron chi connectivity index (χ2n) is 7.23. The minimum atomic E-state index is -0.355. The Bertz CT molecular complexity index is 1420. The monoisotopic (exact) mass is 426 g/mol. The molecule has 0 atom stereocenters. The van der Waals surface area contributed by atoms with E-state index in [1.165, 1.54) is 12.3 Å². The number of carbonyl (C=O) groups is 1. The van der Waals surface area contributed by atoms with Crippen LogP contribution in [0.1, 0.15) is 21.9 Å². The molecule has 0 bridgehead atoms. The Morgan fingerprint density at radius 3 is 2.56 bits per heavy atom. The molecule has 0 fully saturated rings. The van der Waals surface area contributed by atoms with Crippen LogP contribution in [0.15, 0.2) is 92.8 Å². The van der Waals surface area contributed by atoms with Gasteiger partial charge in [0.15, 0.2) is 11.5 Å². The van der Waals surface area contributed by atoms with Crippen molar-refractivity contribution in [3.63, 3.8) is 0 Å². The molecule has 0 saturated carbocycles. The van der Waals surface area contributed by atoms with Gasteiger partial charge in [0.05, 0.1) is 23.7 Å². The van der Waals surface area contributed by atoms with Crippen molar-refractivity contribution in [2.75, 3.05) is 0 Å². The van der Waals surface area contributed by atoms with Crippen LogP contribution in [0, 0.1) is 0 Å². The Hall–Kier alpha value is -4.46. The molecule has 3 heterocycles. The van der Waals surface area contributed by atoms with Gasteiger partial charge in [0.25, 0.3) is 11.5 Å². The fourth-order valence-corrected chi connectivity index (χ4v) is 3.47. The van der Waals surface area contributed by atoms with E-state index in [2.05, 4.69) is 15.1 Å². The van der Waals surface area contributed by atoms with Crippen molar-refractivity contribution in [2.24, 2.45) is 0 Å². The number of amides is 1. The standard InChI is InChI=1S/C24H18N4O4/c29-23-17-9-4-5-10-18(17)25-22(26-23)15-28(14-16-7-2-1-3-8-16)24(30)19-13-21(32-27-19)20-11-6-12-31-20/h1-13H,14-15H2,(H,25,26,29). The highest BCUT2D eigenvalue weighted by Gasteiger charge is 2.23. The number of hydrogen-bond acceptors (Lipinski definition) is 6. The van der Waals surface area contributed by atoms with Gasteiger partial charge in [-0.05, 0) is 29.8 Å². The van der Waals surface area contributed by atoms with Crippen molar-refractivity contribution in [1.82, 2.24) is 20.0 Å².